The lowest BCUT2D eigenvalue weighted by Gasteiger charge is -2.17. The lowest BCUT2D eigenvalue weighted by Crippen LogP contribution is -2.32. The summed E-state index contributed by atoms with van der Waals surface area (Å²) in [5.41, 5.74) is 3.49. The van der Waals surface area contributed by atoms with Gasteiger partial charge in [-0.3, -0.25) is 4.79 Å². The molecule has 0 saturated heterocycles. The molecule has 7 nitrogen and oxygen atoms in total. The van der Waals surface area contributed by atoms with Gasteiger partial charge in [-0.25, -0.2) is 13.6 Å². The Morgan fingerprint density at radius 1 is 1.19 bits per heavy atom. The van der Waals surface area contributed by atoms with Gasteiger partial charge in [-0.2, -0.15) is 0 Å². The molecule has 3 N–H and O–H groups in total. The van der Waals surface area contributed by atoms with Gasteiger partial charge >= 0.3 is 0 Å². The first-order valence-corrected chi connectivity index (χ1v) is 10.0. The number of carbonyl (C=O) groups excluding carboxylic acids is 1. The average molecular weight is 385 g/mol. The first-order valence-electron chi connectivity index (χ1n) is 8.47. The van der Waals surface area contributed by atoms with Crippen molar-refractivity contribution in [3.8, 4) is 5.75 Å². The minimum Gasteiger partial charge on any atom is -0.497 e. The van der Waals surface area contributed by atoms with Crippen LogP contribution in [0.25, 0.3) is 10.9 Å². The molecule has 1 amide bonds. The topological polar surface area (TPSA) is 103 Å². The van der Waals surface area contributed by atoms with Crippen LogP contribution in [0.15, 0.2) is 47.4 Å². The highest BCUT2D eigenvalue weighted by Crippen LogP contribution is 2.32. The van der Waals surface area contributed by atoms with Crippen molar-refractivity contribution in [2.24, 2.45) is 5.14 Å². The number of benzene rings is 2. The Balaban J connectivity index is 1.84. The molecule has 3 aromatic rings. The van der Waals surface area contributed by atoms with E-state index in [1.807, 2.05) is 18.2 Å². The summed E-state index contributed by atoms with van der Waals surface area (Å²) >= 11 is 0. The highest BCUT2D eigenvalue weighted by Gasteiger charge is 2.26. The molecule has 0 aliphatic carbocycles. The number of rotatable bonds is 4. The third-order valence-electron chi connectivity index (χ3n) is 4.85. The number of amides is 1. The zero-order valence-electron chi connectivity index (χ0n) is 14.7. The second-order valence-electron chi connectivity index (χ2n) is 6.49. The number of sulfonamides is 1. The van der Waals surface area contributed by atoms with Crippen molar-refractivity contribution in [1.82, 2.24) is 9.88 Å². The second kappa shape index (κ2) is 6.40. The van der Waals surface area contributed by atoms with Crippen LogP contribution in [0.4, 0.5) is 0 Å². The van der Waals surface area contributed by atoms with Crippen LogP contribution in [-0.4, -0.2) is 32.5 Å². The van der Waals surface area contributed by atoms with Crippen molar-refractivity contribution in [3.05, 3.63) is 59.3 Å². The zero-order valence-corrected chi connectivity index (χ0v) is 15.5. The molecule has 140 valence electrons. The Kier molecular flexibility index (Phi) is 4.16. The number of primary sulfonamides is 1. The van der Waals surface area contributed by atoms with E-state index in [1.54, 1.807) is 19.2 Å². The molecule has 8 heteroatoms. The van der Waals surface area contributed by atoms with Crippen LogP contribution in [0.2, 0.25) is 0 Å². The summed E-state index contributed by atoms with van der Waals surface area (Å²) < 4.78 is 30.3. The van der Waals surface area contributed by atoms with Crippen molar-refractivity contribution in [3.63, 3.8) is 0 Å². The van der Waals surface area contributed by atoms with Crippen LogP contribution in [0, 0.1) is 0 Å². The number of nitrogens with zero attached hydrogens (tertiary/aromatic N) is 1. The monoisotopic (exact) mass is 385 g/mol. The Bertz CT molecular complexity index is 1150. The van der Waals surface area contributed by atoms with Crippen LogP contribution in [0.1, 0.15) is 21.6 Å². The predicted octanol–water partition coefficient (Wildman–Crippen LogP) is 1.63. The summed E-state index contributed by atoms with van der Waals surface area (Å²) in [6, 6.07) is 12.1. The van der Waals surface area contributed by atoms with E-state index in [2.05, 4.69) is 9.88 Å². The maximum atomic E-state index is 12.4. The van der Waals surface area contributed by atoms with Crippen LogP contribution >= 0.6 is 0 Å². The van der Waals surface area contributed by atoms with Gasteiger partial charge in [-0.1, -0.05) is 12.1 Å². The standard InChI is InChI=1S/C19H19N3O4S/c1-26-13-4-7-15-17(10-13)22(16-8-9-21-19(23)18(15)16)11-12-2-5-14(6-3-12)27(20,24)25/h2-7,10H,8-9,11H2,1H3,(H,21,23)(H2,20,24,25). The van der Waals surface area contributed by atoms with Crippen LogP contribution < -0.4 is 15.2 Å². The third kappa shape index (κ3) is 3.07. The number of hydrogen-bond acceptors (Lipinski definition) is 4. The highest BCUT2D eigenvalue weighted by molar-refractivity contribution is 7.89. The van der Waals surface area contributed by atoms with Crippen molar-refractivity contribution in [2.75, 3.05) is 13.7 Å². The number of nitrogens with one attached hydrogen (secondary N) is 1. The predicted molar refractivity (Wildman–Crippen MR) is 101 cm³/mol. The Morgan fingerprint density at radius 3 is 2.59 bits per heavy atom. The molecule has 27 heavy (non-hydrogen) atoms. The molecule has 0 atom stereocenters. The fourth-order valence-corrected chi connectivity index (χ4v) is 4.07. The SMILES string of the molecule is COc1ccc2c3c(n(Cc4ccc(S(N)(=O)=O)cc4)c2c1)CCNC3=O. The van der Waals surface area contributed by atoms with Crippen LogP contribution in [0.5, 0.6) is 5.75 Å². The van der Waals surface area contributed by atoms with Gasteiger partial charge in [0.05, 0.1) is 23.1 Å². The molecule has 0 saturated carbocycles. The van der Waals surface area contributed by atoms with Crippen LogP contribution in [0.3, 0.4) is 0 Å². The summed E-state index contributed by atoms with van der Waals surface area (Å²) in [6.45, 7) is 1.10. The molecule has 4 rings (SSSR count). The van der Waals surface area contributed by atoms with Gasteiger partial charge in [0, 0.05) is 36.7 Å². The van der Waals surface area contributed by atoms with Gasteiger partial charge < -0.3 is 14.6 Å². The molecule has 0 radical (unpaired) electrons. The number of ether oxygens (including phenoxy) is 1. The highest BCUT2D eigenvalue weighted by atomic mass is 32.2. The molecular formula is C19H19N3O4S. The first kappa shape index (κ1) is 17.6. The summed E-state index contributed by atoms with van der Waals surface area (Å²) in [6.07, 6.45) is 0.729. The van der Waals surface area contributed by atoms with Gasteiger partial charge in [-0.05, 0) is 29.8 Å². The van der Waals surface area contributed by atoms with Gasteiger partial charge in [-0.15, -0.1) is 0 Å². The number of aromatic nitrogens is 1. The Labute approximate surface area is 156 Å². The fourth-order valence-electron chi connectivity index (χ4n) is 3.55. The van der Waals surface area contributed by atoms with E-state index in [1.165, 1.54) is 12.1 Å². The Morgan fingerprint density at radius 2 is 1.93 bits per heavy atom. The minimum atomic E-state index is -3.72. The quantitative estimate of drug-likeness (QED) is 0.712. The zero-order chi connectivity index (χ0) is 19.2. The van der Waals surface area contributed by atoms with Crippen molar-refractivity contribution >= 4 is 26.8 Å². The summed E-state index contributed by atoms with van der Waals surface area (Å²) in [7, 11) is -2.12. The van der Waals surface area contributed by atoms with E-state index in [9.17, 15) is 13.2 Å². The normalized spacial score (nSPS) is 14.1. The third-order valence-corrected chi connectivity index (χ3v) is 5.78. The molecule has 0 unspecified atom stereocenters. The molecule has 0 spiro atoms. The summed E-state index contributed by atoms with van der Waals surface area (Å²) in [4.78, 5) is 12.5. The molecule has 0 bridgehead atoms. The minimum absolute atomic E-state index is 0.0743. The molecule has 2 aromatic carbocycles. The van der Waals surface area contributed by atoms with Gasteiger partial charge in [0.15, 0.2) is 0 Å². The molecule has 2 heterocycles. The maximum absolute atomic E-state index is 12.4. The van der Waals surface area contributed by atoms with Crippen molar-refractivity contribution in [1.29, 1.82) is 0 Å². The van der Waals surface area contributed by atoms with Gasteiger partial charge in [0.25, 0.3) is 5.91 Å². The Hall–Kier alpha value is -2.84. The van der Waals surface area contributed by atoms with Gasteiger partial charge in [0.2, 0.25) is 10.0 Å². The van der Waals surface area contributed by atoms with Crippen molar-refractivity contribution < 1.29 is 17.9 Å². The van der Waals surface area contributed by atoms with E-state index in [4.69, 9.17) is 9.88 Å². The second-order valence-corrected chi connectivity index (χ2v) is 8.05. The van der Waals surface area contributed by atoms with E-state index in [0.29, 0.717) is 24.4 Å². The number of fused-ring (bicyclic) bond motifs is 3. The molecule has 1 aliphatic heterocycles. The summed E-state index contributed by atoms with van der Waals surface area (Å²) in [5.74, 6) is 0.637. The molecule has 0 fully saturated rings. The average Bonchev–Trinajstić information content (AvgIpc) is 2.96. The van der Waals surface area contributed by atoms with E-state index < -0.39 is 10.0 Å². The maximum Gasteiger partial charge on any atom is 0.253 e. The number of hydrogen-bond donors (Lipinski definition) is 2. The lowest BCUT2D eigenvalue weighted by molar-refractivity contribution is 0.0947. The molecule has 1 aromatic heterocycles. The van der Waals surface area contributed by atoms with Crippen molar-refractivity contribution in [2.45, 2.75) is 17.9 Å². The summed E-state index contributed by atoms with van der Waals surface area (Å²) in [5, 5.41) is 8.94. The van der Waals surface area contributed by atoms with Crippen LogP contribution in [-0.2, 0) is 23.0 Å². The number of methoxy groups -OCH3 is 1. The number of nitrogens with two attached hydrogens (primary N) is 1. The number of carbonyl (C=O) groups is 1. The fraction of sp³-hybridized carbons (Fsp3) is 0.211. The smallest absolute Gasteiger partial charge is 0.253 e. The first-order chi connectivity index (χ1) is 12.9. The lowest BCUT2D eigenvalue weighted by atomic mass is 10.1. The molecular weight excluding hydrogens is 366 g/mol. The van der Waals surface area contributed by atoms with E-state index >= 15 is 0 Å². The van der Waals surface area contributed by atoms with E-state index in [-0.39, 0.29) is 10.8 Å². The molecule has 1 aliphatic rings. The van der Waals surface area contributed by atoms with E-state index in [0.717, 1.165) is 28.6 Å². The largest absolute Gasteiger partial charge is 0.497 e. The van der Waals surface area contributed by atoms with Gasteiger partial charge in [0.1, 0.15) is 5.75 Å².